The van der Waals surface area contributed by atoms with Crippen LogP contribution in [0, 0.1) is 6.92 Å². The van der Waals surface area contributed by atoms with Gasteiger partial charge in [0.25, 0.3) is 5.92 Å². The summed E-state index contributed by atoms with van der Waals surface area (Å²) in [4.78, 5) is 6.29. The molecule has 1 aliphatic heterocycles. The number of benzene rings is 2. The van der Waals surface area contributed by atoms with Gasteiger partial charge in [-0.2, -0.15) is 13.2 Å². The van der Waals surface area contributed by atoms with Crippen LogP contribution in [0.25, 0.3) is 16.4 Å². The summed E-state index contributed by atoms with van der Waals surface area (Å²) in [6, 6.07) is 9.31. The van der Waals surface area contributed by atoms with Crippen molar-refractivity contribution in [3.8, 4) is 0 Å². The molecule has 5 rings (SSSR count). The van der Waals surface area contributed by atoms with E-state index in [4.69, 9.17) is 0 Å². The second kappa shape index (κ2) is 8.35. The summed E-state index contributed by atoms with van der Waals surface area (Å²) < 4.78 is 69.3. The van der Waals surface area contributed by atoms with Crippen LogP contribution in [0.4, 0.5) is 33.5 Å². The summed E-state index contributed by atoms with van der Waals surface area (Å²) in [7, 11) is 0. The van der Waals surface area contributed by atoms with E-state index in [1.807, 2.05) is 23.1 Å². The van der Waals surface area contributed by atoms with Crippen molar-refractivity contribution in [2.24, 2.45) is 0 Å². The Morgan fingerprint density at radius 1 is 1.06 bits per heavy atom. The lowest BCUT2D eigenvalue weighted by Crippen LogP contribution is -2.39. The fourth-order valence-electron chi connectivity index (χ4n) is 4.76. The van der Waals surface area contributed by atoms with Gasteiger partial charge in [0.2, 0.25) is 0 Å². The van der Waals surface area contributed by atoms with Crippen LogP contribution < -0.4 is 10.2 Å². The molecule has 0 bridgehead atoms. The molecule has 10 heteroatoms. The highest BCUT2D eigenvalue weighted by molar-refractivity contribution is 6.01. The molecule has 0 spiro atoms. The normalized spacial score (nSPS) is 17.2. The second-order valence-electron chi connectivity index (χ2n) is 9.00. The van der Waals surface area contributed by atoms with Crippen molar-refractivity contribution in [3.63, 3.8) is 0 Å². The van der Waals surface area contributed by atoms with Crippen molar-refractivity contribution in [2.45, 2.75) is 44.8 Å². The first-order valence-electron chi connectivity index (χ1n) is 11.4. The van der Waals surface area contributed by atoms with Crippen molar-refractivity contribution in [3.05, 3.63) is 65.5 Å². The lowest BCUT2D eigenvalue weighted by atomic mass is 9.97. The minimum absolute atomic E-state index is 0.156. The van der Waals surface area contributed by atoms with Crippen LogP contribution >= 0.6 is 0 Å². The van der Waals surface area contributed by atoms with E-state index in [1.165, 1.54) is 13.0 Å². The lowest BCUT2D eigenvalue weighted by molar-refractivity contribution is -0.138. The van der Waals surface area contributed by atoms with Crippen molar-refractivity contribution < 1.29 is 22.0 Å². The molecular weight excluding hydrogens is 465 g/mol. The third kappa shape index (κ3) is 4.37. The number of rotatable bonds is 4. The van der Waals surface area contributed by atoms with E-state index in [0.29, 0.717) is 17.0 Å². The predicted molar refractivity (Wildman–Crippen MR) is 125 cm³/mol. The van der Waals surface area contributed by atoms with Gasteiger partial charge in [-0.05, 0) is 49.2 Å². The van der Waals surface area contributed by atoms with Gasteiger partial charge in [0.05, 0.1) is 11.6 Å². The first-order chi connectivity index (χ1) is 16.5. The van der Waals surface area contributed by atoms with Crippen LogP contribution in [0.5, 0.6) is 0 Å². The predicted octanol–water partition coefficient (Wildman–Crippen LogP) is 6.62. The number of aromatic nitrogens is 3. The van der Waals surface area contributed by atoms with Crippen LogP contribution in [0.2, 0.25) is 0 Å². The highest BCUT2D eigenvalue weighted by Crippen LogP contribution is 2.37. The standard InChI is InChI=1S/C25H24F5N5/c1-15-18(4-3-5-21(15)25(28,29)30)16(2)32-22-20-14-17(34-11-8-24(26,27)9-12-34)6-7-19(20)23-31-10-13-35(23)33-22/h3-7,10,13-14,16H,8-9,11-12H2,1-2H3,(H,32,33)/t16-/m1/s1. The van der Waals surface area contributed by atoms with Gasteiger partial charge in [-0.15, -0.1) is 5.10 Å². The Labute approximate surface area is 198 Å². The molecular formula is C25H24F5N5. The number of halogens is 5. The van der Waals surface area contributed by atoms with E-state index in [1.54, 1.807) is 29.9 Å². The quantitative estimate of drug-likeness (QED) is 0.328. The Balaban J connectivity index is 1.55. The van der Waals surface area contributed by atoms with Crippen LogP contribution in [0.3, 0.4) is 0 Å². The summed E-state index contributed by atoms with van der Waals surface area (Å²) in [5.41, 5.74) is 1.41. The molecule has 2 aromatic carbocycles. The molecule has 0 saturated carbocycles. The van der Waals surface area contributed by atoms with Gasteiger partial charge in [0, 0.05) is 54.8 Å². The van der Waals surface area contributed by atoms with Gasteiger partial charge < -0.3 is 10.2 Å². The van der Waals surface area contributed by atoms with E-state index < -0.39 is 23.7 Å². The number of nitrogens with one attached hydrogen (secondary N) is 1. The zero-order valence-electron chi connectivity index (χ0n) is 19.2. The Bertz CT molecular complexity index is 1380. The largest absolute Gasteiger partial charge is 0.416 e. The van der Waals surface area contributed by atoms with Gasteiger partial charge in [0.1, 0.15) is 0 Å². The lowest BCUT2D eigenvalue weighted by Gasteiger charge is -2.33. The van der Waals surface area contributed by atoms with Crippen molar-refractivity contribution in [1.29, 1.82) is 0 Å². The molecule has 1 fully saturated rings. The molecule has 4 aromatic rings. The molecule has 0 radical (unpaired) electrons. The highest BCUT2D eigenvalue weighted by Gasteiger charge is 2.35. The molecule has 2 aromatic heterocycles. The van der Waals surface area contributed by atoms with Crippen LogP contribution in [-0.2, 0) is 6.18 Å². The van der Waals surface area contributed by atoms with Gasteiger partial charge in [0.15, 0.2) is 11.5 Å². The zero-order valence-corrected chi connectivity index (χ0v) is 19.2. The van der Waals surface area contributed by atoms with Gasteiger partial charge >= 0.3 is 6.18 Å². The number of hydrogen-bond donors (Lipinski definition) is 1. The number of imidazole rings is 1. The number of nitrogens with zero attached hydrogens (tertiary/aromatic N) is 4. The molecule has 1 aliphatic rings. The Morgan fingerprint density at radius 3 is 2.51 bits per heavy atom. The molecule has 1 N–H and O–H groups in total. The van der Waals surface area contributed by atoms with E-state index in [-0.39, 0.29) is 31.5 Å². The maximum absolute atomic E-state index is 13.7. The average Bonchev–Trinajstić information content (AvgIpc) is 3.27. The first kappa shape index (κ1) is 23.3. The van der Waals surface area contributed by atoms with Crippen molar-refractivity contribution in [1.82, 2.24) is 14.6 Å². The number of alkyl halides is 5. The first-order valence-corrected chi connectivity index (χ1v) is 11.4. The molecule has 0 aliphatic carbocycles. The smallest absolute Gasteiger partial charge is 0.371 e. The Kier molecular flexibility index (Phi) is 5.56. The molecule has 0 amide bonds. The SMILES string of the molecule is Cc1c([C@@H](C)Nc2nn3ccnc3c3ccc(N4CCC(F)(F)CC4)cc23)cccc1C(F)(F)F. The molecule has 1 saturated heterocycles. The summed E-state index contributed by atoms with van der Waals surface area (Å²) in [5.74, 6) is -2.18. The number of piperidine rings is 1. The van der Waals surface area contributed by atoms with E-state index >= 15 is 0 Å². The fourth-order valence-corrected chi connectivity index (χ4v) is 4.76. The van der Waals surface area contributed by atoms with Crippen LogP contribution in [0.1, 0.15) is 42.5 Å². The minimum Gasteiger partial charge on any atom is -0.371 e. The summed E-state index contributed by atoms with van der Waals surface area (Å²) in [5, 5.41) is 9.42. The fraction of sp³-hybridized carbons (Fsp3) is 0.360. The zero-order chi connectivity index (χ0) is 25.0. The van der Waals surface area contributed by atoms with Gasteiger partial charge in [-0.1, -0.05) is 12.1 Å². The molecule has 5 nitrogen and oxygen atoms in total. The minimum atomic E-state index is -4.44. The molecule has 35 heavy (non-hydrogen) atoms. The number of fused-ring (bicyclic) bond motifs is 3. The molecule has 1 atom stereocenters. The summed E-state index contributed by atoms with van der Waals surface area (Å²) in [6.45, 7) is 3.72. The maximum atomic E-state index is 13.7. The topological polar surface area (TPSA) is 45.5 Å². The van der Waals surface area contributed by atoms with Crippen LogP contribution in [-0.4, -0.2) is 33.6 Å². The average molecular weight is 489 g/mol. The van der Waals surface area contributed by atoms with E-state index in [9.17, 15) is 22.0 Å². The number of anilines is 2. The summed E-state index contributed by atoms with van der Waals surface area (Å²) >= 11 is 0. The number of hydrogen-bond acceptors (Lipinski definition) is 4. The third-order valence-corrected chi connectivity index (χ3v) is 6.69. The van der Waals surface area contributed by atoms with Gasteiger partial charge in [-0.3, -0.25) is 0 Å². The van der Waals surface area contributed by atoms with Crippen molar-refractivity contribution in [2.75, 3.05) is 23.3 Å². The second-order valence-corrected chi connectivity index (χ2v) is 9.00. The van der Waals surface area contributed by atoms with E-state index in [2.05, 4.69) is 15.4 Å². The monoisotopic (exact) mass is 489 g/mol. The maximum Gasteiger partial charge on any atom is 0.416 e. The highest BCUT2D eigenvalue weighted by atomic mass is 19.4. The van der Waals surface area contributed by atoms with Crippen LogP contribution in [0.15, 0.2) is 48.8 Å². The summed E-state index contributed by atoms with van der Waals surface area (Å²) in [6.07, 6.45) is -1.55. The van der Waals surface area contributed by atoms with Gasteiger partial charge in [-0.25, -0.2) is 18.3 Å². The van der Waals surface area contributed by atoms with Crippen molar-refractivity contribution >= 4 is 27.9 Å². The molecule has 3 heterocycles. The molecule has 0 unspecified atom stereocenters. The van der Waals surface area contributed by atoms with E-state index in [0.717, 1.165) is 22.5 Å². The third-order valence-electron chi connectivity index (χ3n) is 6.69. The Hall–Kier alpha value is -3.43. The molecule has 184 valence electrons. The Morgan fingerprint density at radius 2 is 1.80 bits per heavy atom.